The lowest BCUT2D eigenvalue weighted by Crippen LogP contribution is -2.46. The Labute approximate surface area is 152 Å². The van der Waals surface area contributed by atoms with Gasteiger partial charge in [-0.2, -0.15) is 0 Å². The summed E-state index contributed by atoms with van der Waals surface area (Å²) < 4.78 is 5.32. The molecule has 1 N–H and O–H groups in total. The number of nitrogens with one attached hydrogen (secondary N) is 1. The van der Waals surface area contributed by atoms with E-state index in [2.05, 4.69) is 36.3 Å². The first-order chi connectivity index (χ1) is 12.4. The van der Waals surface area contributed by atoms with E-state index in [-0.39, 0.29) is 5.41 Å². The number of fused-ring (bicyclic) bond motifs is 1. The Morgan fingerprint density at radius 2 is 1.81 bits per heavy atom. The highest BCUT2D eigenvalue weighted by Gasteiger charge is 2.39. The number of morpholine rings is 1. The number of rotatable bonds is 3. The zero-order chi connectivity index (χ0) is 18.5. The molecule has 0 aromatic heterocycles. The molecule has 136 valence electrons. The van der Waals surface area contributed by atoms with Crippen LogP contribution >= 0.6 is 0 Å². The van der Waals surface area contributed by atoms with Gasteiger partial charge < -0.3 is 15.1 Å². The van der Waals surface area contributed by atoms with Gasteiger partial charge in [-0.3, -0.25) is 9.59 Å². The van der Waals surface area contributed by atoms with Crippen LogP contribution in [0.1, 0.15) is 25.0 Å². The molecule has 26 heavy (non-hydrogen) atoms. The van der Waals surface area contributed by atoms with Crippen LogP contribution in [0.5, 0.6) is 0 Å². The number of likely N-dealkylation sites (N-methyl/N-ethyl adjacent to an activating group) is 1. The van der Waals surface area contributed by atoms with E-state index < -0.39 is 10.9 Å². The van der Waals surface area contributed by atoms with Gasteiger partial charge in [0, 0.05) is 36.9 Å². The zero-order valence-corrected chi connectivity index (χ0v) is 15.3. The van der Waals surface area contributed by atoms with E-state index in [1.54, 1.807) is 0 Å². The minimum absolute atomic E-state index is 0.235. The van der Waals surface area contributed by atoms with Gasteiger partial charge >= 0.3 is 0 Å². The van der Waals surface area contributed by atoms with Gasteiger partial charge in [-0.15, -0.1) is 0 Å². The summed E-state index contributed by atoms with van der Waals surface area (Å²) in [5, 5.41) is 1.93. The van der Waals surface area contributed by atoms with Gasteiger partial charge in [0.2, 0.25) is 5.43 Å². The number of benzene rings is 1. The minimum Gasteiger partial charge on any atom is -0.379 e. The third-order valence-corrected chi connectivity index (χ3v) is 5.45. The molecule has 4 rings (SSSR count). The summed E-state index contributed by atoms with van der Waals surface area (Å²) in [6.07, 6.45) is 1.87. The summed E-state index contributed by atoms with van der Waals surface area (Å²) in [6, 6.07) is 8.23. The maximum Gasteiger partial charge on any atom is 0.251 e. The third-order valence-electron chi connectivity index (χ3n) is 5.45. The first-order valence-electron chi connectivity index (χ1n) is 8.89. The lowest BCUT2D eigenvalue weighted by molar-refractivity contribution is 0.0496. The summed E-state index contributed by atoms with van der Waals surface area (Å²) in [7, 11) is 2.00. The second-order valence-corrected chi connectivity index (χ2v) is 7.39. The summed E-state index contributed by atoms with van der Waals surface area (Å²) >= 11 is 0. The molecule has 0 amide bonds. The van der Waals surface area contributed by atoms with Crippen LogP contribution in [-0.4, -0.2) is 38.4 Å². The molecule has 6 nitrogen and oxygen atoms in total. The molecule has 0 saturated carbocycles. The Hall–Kier alpha value is -2.44. The van der Waals surface area contributed by atoms with Crippen LogP contribution in [0.4, 0.5) is 11.4 Å². The fraction of sp³-hybridized carbons (Fsp3) is 0.400. The lowest BCUT2D eigenvalue weighted by atomic mass is 9.83. The van der Waals surface area contributed by atoms with Crippen molar-refractivity contribution in [2.75, 3.05) is 43.7 Å². The molecule has 6 heteroatoms. The standard InChI is InChI=1S/C20H23N3O3/c1-20(2)14-6-4-5-7-15(14)22(3)16(20)12-13-17(19(25)18(13)24)21-23-8-10-26-11-9-23/h4-7,12,21H,8-11H2,1-3H3/b16-12-. The first kappa shape index (κ1) is 17.0. The molecular weight excluding hydrogens is 330 g/mol. The van der Waals surface area contributed by atoms with Crippen molar-refractivity contribution in [2.45, 2.75) is 19.3 Å². The fourth-order valence-corrected chi connectivity index (χ4v) is 3.89. The summed E-state index contributed by atoms with van der Waals surface area (Å²) in [6.45, 7) is 6.88. The number of hydrogen-bond acceptors (Lipinski definition) is 6. The molecule has 2 heterocycles. The average Bonchev–Trinajstić information content (AvgIpc) is 2.85. The predicted octanol–water partition coefficient (Wildman–Crippen LogP) is 1.71. The minimum atomic E-state index is -0.445. The number of nitrogens with zero attached hydrogens (tertiary/aromatic N) is 2. The van der Waals surface area contributed by atoms with Gasteiger partial charge in [-0.1, -0.05) is 32.0 Å². The largest absolute Gasteiger partial charge is 0.379 e. The van der Waals surface area contributed by atoms with Crippen molar-refractivity contribution in [1.82, 2.24) is 5.01 Å². The molecule has 0 spiro atoms. The Morgan fingerprint density at radius 3 is 2.50 bits per heavy atom. The van der Waals surface area contributed by atoms with E-state index in [9.17, 15) is 9.59 Å². The van der Waals surface area contributed by atoms with Gasteiger partial charge in [-0.05, 0) is 17.7 Å². The topological polar surface area (TPSA) is 61.9 Å². The van der Waals surface area contributed by atoms with E-state index in [4.69, 9.17) is 4.74 Å². The van der Waals surface area contributed by atoms with Gasteiger partial charge in [0.1, 0.15) is 5.69 Å². The van der Waals surface area contributed by atoms with Crippen LogP contribution in [0.25, 0.3) is 6.08 Å². The van der Waals surface area contributed by atoms with Crippen LogP contribution < -0.4 is 21.2 Å². The summed E-state index contributed by atoms with van der Waals surface area (Å²) in [5.41, 5.74) is 6.23. The van der Waals surface area contributed by atoms with Crippen molar-refractivity contribution in [3.63, 3.8) is 0 Å². The van der Waals surface area contributed by atoms with Crippen LogP contribution in [0, 0.1) is 0 Å². The van der Waals surface area contributed by atoms with E-state index in [0.29, 0.717) is 37.6 Å². The van der Waals surface area contributed by atoms with Crippen LogP contribution in [0.15, 0.2) is 39.6 Å². The van der Waals surface area contributed by atoms with Crippen molar-refractivity contribution in [3.05, 3.63) is 61.5 Å². The van der Waals surface area contributed by atoms with Gasteiger partial charge in [0.15, 0.2) is 0 Å². The fourth-order valence-electron chi connectivity index (χ4n) is 3.89. The maximum absolute atomic E-state index is 12.2. The van der Waals surface area contributed by atoms with Crippen molar-refractivity contribution in [1.29, 1.82) is 0 Å². The van der Waals surface area contributed by atoms with E-state index in [1.807, 2.05) is 30.3 Å². The molecule has 0 aliphatic carbocycles. The second-order valence-electron chi connectivity index (χ2n) is 7.39. The first-order valence-corrected chi connectivity index (χ1v) is 8.89. The number of hydrazine groups is 1. The number of ether oxygens (including phenoxy) is 1. The third kappa shape index (κ3) is 2.48. The SMILES string of the molecule is CN1/C(=C\c2c(NN3CCOCC3)c(=O)c2=O)C(C)(C)c2ccccc21. The molecule has 2 aromatic rings. The van der Waals surface area contributed by atoms with Crippen molar-refractivity contribution in [3.8, 4) is 0 Å². The maximum atomic E-state index is 12.2. The van der Waals surface area contributed by atoms with E-state index in [0.717, 1.165) is 11.4 Å². The van der Waals surface area contributed by atoms with Crippen LogP contribution in [-0.2, 0) is 10.2 Å². The van der Waals surface area contributed by atoms with Crippen LogP contribution in [0.3, 0.4) is 0 Å². The van der Waals surface area contributed by atoms with Crippen LogP contribution in [0.2, 0.25) is 0 Å². The van der Waals surface area contributed by atoms with Crippen molar-refractivity contribution in [2.24, 2.45) is 0 Å². The number of allylic oxidation sites excluding steroid dienone is 1. The highest BCUT2D eigenvalue weighted by atomic mass is 16.5. The summed E-state index contributed by atoms with van der Waals surface area (Å²) in [4.78, 5) is 26.5. The smallest absolute Gasteiger partial charge is 0.251 e. The average molecular weight is 353 g/mol. The van der Waals surface area contributed by atoms with Gasteiger partial charge in [0.25, 0.3) is 5.43 Å². The monoisotopic (exact) mass is 353 g/mol. The van der Waals surface area contributed by atoms with Crippen molar-refractivity contribution >= 4 is 17.5 Å². The van der Waals surface area contributed by atoms with Crippen molar-refractivity contribution < 1.29 is 4.74 Å². The second kappa shape index (κ2) is 6.07. The summed E-state index contributed by atoms with van der Waals surface area (Å²) in [5.74, 6) is 0. The number of para-hydroxylation sites is 1. The molecule has 1 fully saturated rings. The quantitative estimate of drug-likeness (QED) is 0.848. The van der Waals surface area contributed by atoms with Gasteiger partial charge in [-0.25, -0.2) is 5.01 Å². The lowest BCUT2D eigenvalue weighted by Gasteiger charge is -2.29. The molecule has 1 saturated heterocycles. The Bertz CT molecular complexity index is 948. The zero-order valence-electron chi connectivity index (χ0n) is 15.3. The molecule has 2 aromatic carbocycles. The molecule has 2 aliphatic rings. The highest BCUT2D eigenvalue weighted by molar-refractivity contribution is 5.80. The highest BCUT2D eigenvalue weighted by Crippen LogP contribution is 2.47. The predicted molar refractivity (Wildman–Crippen MR) is 103 cm³/mol. The molecule has 0 bridgehead atoms. The molecule has 2 aliphatic heterocycles. The number of hydrogen-bond donors (Lipinski definition) is 1. The molecule has 0 unspecified atom stereocenters. The molecule has 0 radical (unpaired) electrons. The Kier molecular flexibility index (Phi) is 3.97. The van der Waals surface area contributed by atoms with E-state index in [1.165, 1.54) is 5.56 Å². The molecular formula is C20H23N3O3. The molecule has 0 atom stereocenters. The number of anilines is 2. The Morgan fingerprint density at radius 1 is 1.12 bits per heavy atom. The van der Waals surface area contributed by atoms with E-state index >= 15 is 0 Å². The normalized spacial score (nSPS) is 21.3. The Balaban J connectivity index is 1.70. The van der Waals surface area contributed by atoms with Gasteiger partial charge in [0.05, 0.1) is 18.8 Å².